The van der Waals surface area contributed by atoms with Crippen molar-refractivity contribution < 1.29 is 9.90 Å². The first-order valence-corrected chi connectivity index (χ1v) is 7.14. The van der Waals surface area contributed by atoms with Crippen LogP contribution in [0.15, 0.2) is 28.7 Å². The molecule has 0 radical (unpaired) electrons. The zero-order valence-corrected chi connectivity index (χ0v) is 11.8. The average molecular weight is 312 g/mol. The van der Waals surface area contributed by atoms with Crippen LogP contribution in [0.3, 0.4) is 0 Å². The number of benzene rings is 1. The van der Waals surface area contributed by atoms with Gasteiger partial charge in [0.1, 0.15) is 0 Å². The van der Waals surface area contributed by atoms with E-state index in [-0.39, 0.29) is 17.9 Å². The summed E-state index contributed by atoms with van der Waals surface area (Å²) in [5.41, 5.74) is 1.09. The second-order valence-electron chi connectivity index (χ2n) is 4.85. The number of carbonyl (C=O) groups excluding carboxylic acids is 1. The number of aliphatic hydroxyl groups excluding tert-OH is 1. The Labute approximate surface area is 116 Å². The molecular formula is C14H18BrNO2. The highest BCUT2D eigenvalue weighted by Gasteiger charge is 2.24. The second-order valence-corrected chi connectivity index (χ2v) is 5.77. The van der Waals surface area contributed by atoms with Crippen LogP contribution in [0.2, 0.25) is 0 Å². The molecule has 18 heavy (non-hydrogen) atoms. The van der Waals surface area contributed by atoms with E-state index in [4.69, 9.17) is 0 Å². The summed E-state index contributed by atoms with van der Waals surface area (Å²) in [6.07, 6.45) is 2.88. The Hall–Kier alpha value is -0.870. The van der Waals surface area contributed by atoms with E-state index in [1.54, 1.807) is 0 Å². The first kappa shape index (κ1) is 13.6. The SMILES string of the molecule is O=C(NCc1cccc(Br)c1)C1CCC(O)CC1. The lowest BCUT2D eigenvalue weighted by atomic mass is 9.87. The fraction of sp³-hybridized carbons (Fsp3) is 0.500. The van der Waals surface area contributed by atoms with Crippen molar-refractivity contribution in [2.24, 2.45) is 5.92 Å². The van der Waals surface area contributed by atoms with Crippen LogP contribution in [-0.2, 0) is 11.3 Å². The molecule has 1 aromatic rings. The largest absolute Gasteiger partial charge is 0.393 e. The van der Waals surface area contributed by atoms with Crippen LogP contribution >= 0.6 is 15.9 Å². The molecular weight excluding hydrogens is 294 g/mol. The summed E-state index contributed by atoms with van der Waals surface area (Å²) >= 11 is 3.41. The van der Waals surface area contributed by atoms with E-state index < -0.39 is 0 Å². The van der Waals surface area contributed by atoms with Gasteiger partial charge in [0, 0.05) is 16.9 Å². The summed E-state index contributed by atoms with van der Waals surface area (Å²) in [6, 6.07) is 7.93. The molecule has 1 fully saturated rings. The summed E-state index contributed by atoms with van der Waals surface area (Å²) in [6.45, 7) is 0.567. The monoisotopic (exact) mass is 311 g/mol. The standard InChI is InChI=1S/C14H18BrNO2/c15-12-3-1-2-10(8-12)9-16-14(18)11-4-6-13(17)7-5-11/h1-3,8,11,13,17H,4-7,9H2,(H,16,18). The van der Waals surface area contributed by atoms with Crippen LogP contribution < -0.4 is 5.32 Å². The molecule has 4 heteroatoms. The van der Waals surface area contributed by atoms with Gasteiger partial charge in [-0.05, 0) is 43.4 Å². The molecule has 0 aromatic heterocycles. The lowest BCUT2D eigenvalue weighted by Gasteiger charge is -2.24. The van der Waals surface area contributed by atoms with Crippen molar-refractivity contribution in [1.82, 2.24) is 5.32 Å². The van der Waals surface area contributed by atoms with Crippen LogP contribution in [0.25, 0.3) is 0 Å². The first-order valence-electron chi connectivity index (χ1n) is 6.35. The molecule has 0 aliphatic heterocycles. The van der Waals surface area contributed by atoms with E-state index in [9.17, 15) is 9.90 Å². The van der Waals surface area contributed by atoms with Gasteiger partial charge in [0.05, 0.1) is 6.10 Å². The van der Waals surface area contributed by atoms with E-state index in [0.717, 1.165) is 35.7 Å². The fourth-order valence-corrected chi connectivity index (χ4v) is 2.77. The first-order chi connectivity index (χ1) is 8.65. The van der Waals surface area contributed by atoms with E-state index in [1.807, 2.05) is 24.3 Å². The predicted octanol–water partition coefficient (Wildman–Crippen LogP) is 2.62. The normalized spacial score (nSPS) is 23.7. The van der Waals surface area contributed by atoms with Crippen molar-refractivity contribution in [3.05, 3.63) is 34.3 Å². The predicted molar refractivity (Wildman–Crippen MR) is 74.0 cm³/mol. The smallest absolute Gasteiger partial charge is 0.223 e. The minimum absolute atomic E-state index is 0.0700. The van der Waals surface area contributed by atoms with Crippen molar-refractivity contribution in [3.8, 4) is 0 Å². The molecule has 0 saturated heterocycles. The molecule has 2 rings (SSSR count). The summed E-state index contributed by atoms with van der Waals surface area (Å²) in [5, 5.41) is 12.4. The van der Waals surface area contributed by atoms with Crippen molar-refractivity contribution in [2.75, 3.05) is 0 Å². The summed E-state index contributed by atoms with van der Waals surface area (Å²) in [5.74, 6) is 0.183. The molecule has 2 N–H and O–H groups in total. The van der Waals surface area contributed by atoms with E-state index in [0.29, 0.717) is 6.54 Å². The maximum Gasteiger partial charge on any atom is 0.223 e. The summed E-state index contributed by atoms with van der Waals surface area (Å²) < 4.78 is 1.02. The van der Waals surface area contributed by atoms with Gasteiger partial charge in [-0.25, -0.2) is 0 Å². The molecule has 1 saturated carbocycles. The molecule has 0 atom stereocenters. The molecule has 0 bridgehead atoms. The van der Waals surface area contributed by atoms with E-state index >= 15 is 0 Å². The van der Waals surface area contributed by atoms with Crippen molar-refractivity contribution in [1.29, 1.82) is 0 Å². The highest BCUT2D eigenvalue weighted by Crippen LogP contribution is 2.24. The highest BCUT2D eigenvalue weighted by atomic mass is 79.9. The average Bonchev–Trinajstić information content (AvgIpc) is 2.37. The van der Waals surface area contributed by atoms with Crippen LogP contribution in [0, 0.1) is 5.92 Å². The van der Waals surface area contributed by atoms with Gasteiger partial charge in [0.15, 0.2) is 0 Å². The maximum absolute atomic E-state index is 12.0. The van der Waals surface area contributed by atoms with Crippen LogP contribution in [0.1, 0.15) is 31.2 Å². The van der Waals surface area contributed by atoms with Crippen molar-refractivity contribution in [3.63, 3.8) is 0 Å². The zero-order chi connectivity index (χ0) is 13.0. The third-order valence-corrected chi connectivity index (χ3v) is 3.92. The fourth-order valence-electron chi connectivity index (χ4n) is 2.32. The maximum atomic E-state index is 12.0. The molecule has 0 unspecified atom stereocenters. The van der Waals surface area contributed by atoms with Crippen molar-refractivity contribution >= 4 is 21.8 Å². The third-order valence-electron chi connectivity index (χ3n) is 3.42. The molecule has 0 heterocycles. The zero-order valence-electron chi connectivity index (χ0n) is 10.2. The quantitative estimate of drug-likeness (QED) is 0.901. The van der Waals surface area contributed by atoms with Crippen molar-refractivity contribution in [2.45, 2.75) is 38.3 Å². The van der Waals surface area contributed by atoms with Gasteiger partial charge in [-0.15, -0.1) is 0 Å². The van der Waals surface area contributed by atoms with Gasteiger partial charge >= 0.3 is 0 Å². The van der Waals surface area contributed by atoms with E-state index in [1.165, 1.54) is 0 Å². The molecule has 1 amide bonds. The van der Waals surface area contributed by atoms with Gasteiger partial charge in [-0.2, -0.15) is 0 Å². The topological polar surface area (TPSA) is 49.3 Å². The minimum Gasteiger partial charge on any atom is -0.393 e. The lowest BCUT2D eigenvalue weighted by molar-refractivity contribution is -0.126. The summed E-state index contributed by atoms with van der Waals surface area (Å²) in [4.78, 5) is 12.0. The highest BCUT2D eigenvalue weighted by molar-refractivity contribution is 9.10. The van der Waals surface area contributed by atoms with Gasteiger partial charge in [0.25, 0.3) is 0 Å². The second kappa shape index (κ2) is 6.34. The Balaban J connectivity index is 1.81. The van der Waals surface area contributed by atoms with Crippen LogP contribution in [0.4, 0.5) is 0 Å². The number of halogens is 1. The molecule has 1 aliphatic carbocycles. The van der Waals surface area contributed by atoms with Gasteiger partial charge in [-0.1, -0.05) is 28.1 Å². The Kier molecular flexibility index (Phi) is 4.78. The van der Waals surface area contributed by atoms with Gasteiger partial charge in [-0.3, -0.25) is 4.79 Å². The number of rotatable bonds is 3. The summed E-state index contributed by atoms with van der Waals surface area (Å²) in [7, 11) is 0. The number of hydrogen-bond acceptors (Lipinski definition) is 2. The van der Waals surface area contributed by atoms with Crippen LogP contribution in [-0.4, -0.2) is 17.1 Å². The molecule has 1 aliphatic rings. The van der Waals surface area contributed by atoms with Crippen LogP contribution in [0.5, 0.6) is 0 Å². The lowest BCUT2D eigenvalue weighted by Crippen LogP contribution is -2.33. The van der Waals surface area contributed by atoms with Gasteiger partial charge in [0.2, 0.25) is 5.91 Å². The Morgan fingerprint density at radius 1 is 1.33 bits per heavy atom. The Morgan fingerprint density at radius 2 is 2.06 bits per heavy atom. The molecule has 98 valence electrons. The molecule has 3 nitrogen and oxygen atoms in total. The number of hydrogen-bond donors (Lipinski definition) is 2. The Bertz CT molecular complexity index is 414. The Morgan fingerprint density at radius 3 is 2.72 bits per heavy atom. The van der Waals surface area contributed by atoms with E-state index in [2.05, 4.69) is 21.2 Å². The number of nitrogens with one attached hydrogen (secondary N) is 1. The minimum atomic E-state index is -0.209. The molecule has 0 spiro atoms. The number of aliphatic hydroxyl groups is 1. The number of amides is 1. The molecule has 1 aromatic carbocycles. The van der Waals surface area contributed by atoms with Gasteiger partial charge < -0.3 is 10.4 Å². The third kappa shape index (κ3) is 3.82. The number of carbonyl (C=O) groups is 1.